The molecule has 0 radical (unpaired) electrons. The van der Waals surface area contributed by atoms with Crippen LogP contribution in [0.3, 0.4) is 0 Å². The molecular formula is C20H22N2O4S2. The van der Waals surface area contributed by atoms with Gasteiger partial charge >= 0.3 is 0 Å². The minimum Gasteiger partial charge on any atom is -0.356 e. The molecule has 0 bridgehead atoms. The average molecular weight is 419 g/mol. The second kappa shape index (κ2) is 8.79. The molecule has 0 aliphatic carbocycles. The van der Waals surface area contributed by atoms with Crippen LogP contribution in [0.25, 0.3) is 0 Å². The lowest BCUT2D eigenvalue weighted by atomic mass is 10.1. The van der Waals surface area contributed by atoms with E-state index >= 15 is 0 Å². The molecule has 148 valence electrons. The number of amides is 2. The topological polar surface area (TPSA) is 92.3 Å². The SMILES string of the molecule is CC(CC(=O)NCCc1ccccc1)S(=O)(=O)c1ccc2c(c1)NC(=O)CS2. The highest BCUT2D eigenvalue weighted by Crippen LogP contribution is 2.34. The van der Waals surface area contributed by atoms with Crippen molar-refractivity contribution in [2.24, 2.45) is 0 Å². The van der Waals surface area contributed by atoms with Gasteiger partial charge in [-0.1, -0.05) is 30.3 Å². The Bertz CT molecular complexity index is 975. The van der Waals surface area contributed by atoms with Crippen molar-refractivity contribution in [3.05, 3.63) is 54.1 Å². The van der Waals surface area contributed by atoms with E-state index in [9.17, 15) is 18.0 Å². The largest absolute Gasteiger partial charge is 0.356 e. The first kappa shape index (κ1) is 20.4. The van der Waals surface area contributed by atoms with Gasteiger partial charge in [0.25, 0.3) is 0 Å². The van der Waals surface area contributed by atoms with Crippen LogP contribution in [0.1, 0.15) is 18.9 Å². The molecule has 2 aromatic carbocycles. The number of carbonyl (C=O) groups is 2. The van der Waals surface area contributed by atoms with Crippen molar-refractivity contribution in [3.63, 3.8) is 0 Å². The van der Waals surface area contributed by atoms with E-state index in [0.717, 1.165) is 10.5 Å². The molecule has 1 unspecified atom stereocenters. The molecule has 2 N–H and O–H groups in total. The van der Waals surface area contributed by atoms with Crippen LogP contribution in [0.5, 0.6) is 0 Å². The van der Waals surface area contributed by atoms with E-state index in [1.807, 2.05) is 30.3 Å². The summed E-state index contributed by atoms with van der Waals surface area (Å²) in [5.74, 6) is -0.134. The second-order valence-electron chi connectivity index (χ2n) is 6.64. The van der Waals surface area contributed by atoms with Crippen LogP contribution in [0.4, 0.5) is 5.69 Å². The highest BCUT2D eigenvalue weighted by Gasteiger charge is 2.27. The lowest BCUT2D eigenvalue weighted by molar-refractivity contribution is -0.121. The van der Waals surface area contributed by atoms with Crippen molar-refractivity contribution in [1.82, 2.24) is 5.32 Å². The maximum Gasteiger partial charge on any atom is 0.234 e. The van der Waals surface area contributed by atoms with E-state index in [2.05, 4.69) is 10.6 Å². The van der Waals surface area contributed by atoms with Gasteiger partial charge in [-0.2, -0.15) is 0 Å². The molecule has 6 nitrogen and oxygen atoms in total. The highest BCUT2D eigenvalue weighted by molar-refractivity contribution is 8.00. The Balaban J connectivity index is 1.59. The fourth-order valence-corrected chi connectivity index (χ4v) is 5.07. The Kier molecular flexibility index (Phi) is 6.41. The van der Waals surface area contributed by atoms with Gasteiger partial charge in [-0.05, 0) is 37.1 Å². The molecule has 8 heteroatoms. The van der Waals surface area contributed by atoms with Crippen molar-refractivity contribution in [1.29, 1.82) is 0 Å². The van der Waals surface area contributed by atoms with Gasteiger partial charge in [0.2, 0.25) is 11.8 Å². The third-order valence-electron chi connectivity index (χ3n) is 4.49. The zero-order valence-corrected chi connectivity index (χ0v) is 17.1. The summed E-state index contributed by atoms with van der Waals surface area (Å²) < 4.78 is 25.7. The standard InChI is InChI=1S/C20H22N2O4S2/c1-14(11-19(23)21-10-9-15-5-3-2-4-6-15)28(25,26)16-7-8-18-17(12-16)22-20(24)13-27-18/h2-8,12,14H,9-11,13H2,1H3,(H,21,23)(H,22,24). The lowest BCUT2D eigenvalue weighted by Gasteiger charge is -2.18. The maximum atomic E-state index is 12.8. The molecule has 2 aromatic rings. The maximum absolute atomic E-state index is 12.8. The van der Waals surface area contributed by atoms with E-state index in [-0.39, 0.29) is 23.1 Å². The van der Waals surface area contributed by atoms with Crippen LogP contribution in [0.15, 0.2) is 58.3 Å². The summed E-state index contributed by atoms with van der Waals surface area (Å²) in [6, 6.07) is 14.5. The predicted molar refractivity (Wildman–Crippen MR) is 110 cm³/mol. The number of anilines is 1. The van der Waals surface area contributed by atoms with Gasteiger partial charge in [-0.15, -0.1) is 11.8 Å². The molecular weight excluding hydrogens is 396 g/mol. The minimum atomic E-state index is -3.68. The summed E-state index contributed by atoms with van der Waals surface area (Å²) in [7, 11) is -3.68. The summed E-state index contributed by atoms with van der Waals surface area (Å²) in [4.78, 5) is 24.6. The molecule has 0 aromatic heterocycles. The smallest absolute Gasteiger partial charge is 0.234 e. The van der Waals surface area contributed by atoms with Gasteiger partial charge in [0.05, 0.1) is 21.6 Å². The molecule has 0 spiro atoms. The van der Waals surface area contributed by atoms with Crippen LogP contribution in [-0.2, 0) is 25.8 Å². The van der Waals surface area contributed by atoms with Crippen LogP contribution in [0.2, 0.25) is 0 Å². The van der Waals surface area contributed by atoms with Crippen molar-refractivity contribution in [3.8, 4) is 0 Å². The van der Waals surface area contributed by atoms with Gasteiger partial charge < -0.3 is 10.6 Å². The molecule has 0 saturated carbocycles. The van der Waals surface area contributed by atoms with Crippen LogP contribution >= 0.6 is 11.8 Å². The molecule has 1 heterocycles. The molecule has 28 heavy (non-hydrogen) atoms. The highest BCUT2D eigenvalue weighted by atomic mass is 32.2. The number of benzene rings is 2. The summed E-state index contributed by atoms with van der Waals surface area (Å²) in [5, 5.41) is 4.60. The average Bonchev–Trinajstić information content (AvgIpc) is 2.68. The number of hydrogen-bond acceptors (Lipinski definition) is 5. The first-order chi connectivity index (χ1) is 13.4. The number of nitrogens with one attached hydrogen (secondary N) is 2. The fourth-order valence-electron chi connectivity index (χ4n) is 2.91. The quantitative estimate of drug-likeness (QED) is 0.721. The van der Waals surface area contributed by atoms with E-state index < -0.39 is 15.1 Å². The Labute approximate surface area is 169 Å². The van der Waals surface area contributed by atoms with Crippen molar-refractivity contribution < 1.29 is 18.0 Å². The fraction of sp³-hybridized carbons (Fsp3) is 0.300. The molecule has 0 saturated heterocycles. The van der Waals surface area contributed by atoms with E-state index in [1.54, 1.807) is 6.07 Å². The molecule has 1 atom stereocenters. The van der Waals surface area contributed by atoms with Gasteiger partial charge in [-0.3, -0.25) is 9.59 Å². The first-order valence-corrected chi connectivity index (χ1v) is 11.5. The monoisotopic (exact) mass is 418 g/mol. The van der Waals surface area contributed by atoms with Crippen molar-refractivity contribution in [2.45, 2.75) is 34.8 Å². The molecule has 1 aliphatic heterocycles. The normalized spacial score (nSPS) is 14.7. The lowest BCUT2D eigenvalue weighted by Crippen LogP contribution is -2.31. The van der Waals surface area contributed by atoms with Crippen molar-refractivity contribution >= 4 is 39.1 Å². The number of rotatable bonds is 7. The summed E-state index contributed by atoms with van der Waals surface area (Å²) in [6.07, 6.45) is 0.575. The first-order valence-electron chi connectivity index (χ1n) is 8.97. The zero-order valence-electron chi connectivity index (χ0n) is 15.5. The molecule has 0 fully saturated rings. The van der Waals surface area contributed by atoms with Gasteiger partial charge in [-0.25, -0.2) is 8.42 Å². The number of carbonyl (C=O) groups excluding carboxylic acids is 2. The molecule has 1 aliphatic rings. The summed E-state index contributed by atoms with van der Waals surface area (Å²) in [5.41, 5.74) is 1.61. The third-order valence-corrected chi connectivity index (χ3v) is 7.70. The van der Waals surface area contributed by atoms with Crippen LogP contribution < -0.4 is 10.6 Å². The number of sulfone groups is 1. The summed E-state index contributed by atoms with van der Waals surface area (Å²) in [6.45, 7) is 1.98. The Hall–Kier alpha value is -2.32. The van der Waals surface area contributed by atoms with E-state index in [4.69, 9.17) is 0 Å². The Morgan fingerprint density at radius 2 is 1.96 bits per heavy atom. The number of fused-ring (bicyclic) bond motifs is 1. The van der Waals surface area contributed by atoms with Crippen LogP contribution in [0, 0.1) is 0 Å². The Morgan fingerprint density at radius 3 is 2.71 bits per heavy atom. The van der Waals surface area contributed by atoms with Gasteiger partial charge in [0.15, 0.2) is 9.84 Å². The van der Waals surface area contributed by atoms with E-state index in [0.29, 0.717) is 24.4 Å². The van der Waals surface area contributed by atoms with Crippen LogP contribution in [-0.4, -0.2) is 37.8 Å². The third kappa shape index (κ3) is 4.94. The van der Waals surface area contributed by atoms with Gasteiger partial charge in [0, 0.05) is 17.9 Å². The Morgan fingerprint density at radius 1 is 1.21 bits per heavy atom. The molecule has 2 amide bonds. The summed E-state index contributed by atoms with van der Waals surface area (Å²) >= 11 is 1.37. The predicted octanol–water partition coefficient (Wildman–Crippen LogP) is 2.64. The van der Waals surface area contributed by atoms with Gasteiger partial charge in [0.1, 0.15) is 0 Å². The number of thioether (sulfide) groups is 1. The molecule has 3 rings (SSSR count). The van der Waals surface area contributed by atoms with Crippen molar-refractivity contribution in [2.75, 3.05) is 17.6 Å². The second-order valence-corrected chi connectivity index (χ2v) is 10.0. The van der Waals surface area contributed by atoms with E-state index in [1.165, 1.54) is 30.8 Å². The zero-order chi connectivity index (χ0) is 20.1. The minimum absolute atomic E-state index is 0.110. The number of hydrogen-bond donors (Lipinski definition) is 2.